The zero-order valence-corrected chi connectivity index (χ0v) is 25.1. The van der Waals surface area contributed by atoms with Gasteiger partial charge in [0.1, 0.15) is 22.9 Å². The molecule has 2 N–H and O–H groups in total. The maximum Gasteiger partial charge on any atom is 0.266 e. The molecule has 9 nitrogen and oxygen atoms in total. The van der Waals surface area contributed by atoms with Crippen molar-refractivity contribution in [3.05, 3.63) is 77.0 Å². The summed E-state index contributed by atoms with van der Waals surface area (Å²) in [5, 5.41) is 7.80. The van der Waals surface area contributed by atoms with Crippen molar-refractivity contribution < 1.29 is 12.8 Å². The highest BCUT2D eigenvalue weighted by Crippen LogP contribution is 2.38. The first kappa shape index (κ1) is 30.4. The molecule has 1 aliphatic rings. The standard InChI is InChI=1S/C29H35ClFN7O2S/c1-6-29(33-18-32-2)36-41(39,40)28-16-22(30)25(17-23(28)31)35-24-11-10-20(15-27(24)37(3)4)19-8-7-9-21(14-19)26-12-13-34-38(26)5/h6-9,12-14,16-18,20,24,27,35-36H,2,10-11,15H2,1,3-5H3/b29-6+,33-18?/t20-,24-,27-/m0/s1. The summed E-state index contributed by atoms with van der Waals surface area (Å²) < 4.78 is 45.0. The molecular weight excluding hydrogens is 565 g/mol. The van der Waals surface area contributed by atoms with E-state index < -0.39 is 20.7 Å². The summed E-state index contributed by atoms with van der Waals surface area (Å²) in [5.41, 5.74) is 3.80. The Morgan fingerprint density at radius 3 is 2.68 bits per heavy atom. The predicted molar refractivity (Wildman–Crippen MR) is 164 cm³/mol. The van der Waals surface area contributed by atoms with E-state index in [1.54, 1.807) is 13.1 Å². The van der Waals surface area contributed by atoms with Gasteiger partial charge in [0.2, 0.25) is 0 Å². The van der Waals surface area contributed by atoms with Gasteiger partial charge in [-0.2, -0.15) is 5.10 Å². The molecule has 0 aliphatic heterocycles. The van der Waals surface area contributed by atoms with E-state index >= 15 is 4.39 Å². The zero-order chi connectivity index (χ0) is 29.7. The van der Waals surface area contributed by atoms with E-state index in [2.05, 4.69) is 61.0 Å². The summed E-state index contributed by atoms with van der Waals surface area (Å²) in [7, 11) is 1.71. The van der Waals surface area contributed by atoms with E-state index in [0.29, 0.717) is 11.6 Å². The molecule has 1 fully saturated rings. The van der Waals surface area contributed by atoms with Crippen molar-refractivity contribution in [2.45, 2.75) is 49.1 Å². The number of anilines is 1. The molecule has 1 aromatic heterocycles. The van der Waals surface area contributed by atoms with E-state index in [1.165, 1.54) is 11.6 Å². The molecule has 3 aromatic rings. The average molecular weight is 600 g/mol. The Morgan fingerprint density at radius 1 is 1.24 bits per heavy atom. The number of nitrogens with zero attached hydrogens (tertiary/aromatic N) is 5. The summed E-state index contributed by atoms with van der Waals surface area (Å²) in [6.07, 6.45) is 6.94. The number of aromatic nitrogens is 2. The Bertz CT molecular complexity index is 1570. The minimum Gasteiger partial charge on any atom is -0.379 e. The van der Waals surface area contributed by atoms with Crippen LogP contribution in [-0.4, -0.2) is 62.3 Å². The molecule has 12 heteroatoms. The molecule has 4 rings (SSSR count). The fourth-order valence-electron chi connectivity index (χ4n) is 5.30. The van der Waals surface area contributed by atoms with Gasteiger partial charge in [-0.1, -0.05) is 29.8 Å². The lowest BCUT2D eigenvalue weighted by Gasteiger charge is -2.41. The van der Waals surface area contributed by atoms with Crippen molar-refractivity contribution in [3.8, 4) is 11.3 Å². The fraction of sp³-hybridized carbons (Fsp3) is 0.345. The third-order valence-electron chi connectivity index (χ3n) is 7.40. The molecular formula is C29H35ClFN7O2S. The van der Waals surface area contributed by atoms with Crippen molar-refractivity contribution in [3.63, 3.8) is 0 Å². The van der Waals surface area contributed by atoms with Crippen LogP contribution in [0.15, 0.2) is 75.4 Å². The minimum absolute atomic E-state index is 0.0191. The Kier molecular flexibility index (Phi) is 9.62. The van der Waals surface area contributed by atoms with Gasteiger partial charge in [0.05, 0.1) is 16.4 Å². The monoisotopic (exact) mass is 599 g/mol. The van der Waals surface area contributed by atoms with Crippen LogP contribution in [0.25, 0.3) is 11.3 Å². The second kappa shape index (κ2) is 13.0. The molecule has 0 radical (unpaired) electrons. The van der Waals surface area contributed by atoms with Crippen molar-refractivity contribution >= 4 is 40.4 Å². The van der Waals surface area contributed by atoms with E-state index in [1.807, 2.05) is 31.9 Å². The third kappa shape index (κ3) is 7.03. The maximum absolute atomic E-state index is 15.2. The largest absolute Gasteiger partial charge is 0.379 e. The summed E-state index contributed by atoms with van der Waals surface area (Å²) in [4.78, 5) is 8.88. The molecule has 218 valence electrons. The molecule has 0 saturated heterocycles. The molecule has 0 spiro atoms. The van der Waals surface area contributed by atoms with Crippen molar-refractivity contribution in [1.82, 2.24) is 19.4 Å². The first-order valence-electron chi connectivity index (χ1n) is 13.2. The van der Waals surface area contributed by atoms with Crippen LogP contribution in [0.5, 0.6) is 0 Å². The molecule has 0 bridgehead atoms. The number of hydrogen-bond acceptors (Lipinski definition) is 6. The first-order chi connectivity index (χ1) is 19.5. The van der Waals surface area contributed by atoms with Gasteiger partial charge < -0.3 is 10.2 Å². The lowest BCUT2D eigenvalue weighted by atomic mass is 9.77. The van der Waals surface area contributed by atoms with Crippen LogP contribution in [0, 0.1) is 5.82 Å². The van der Waals surface area contributed by atoms with Crippen molar-refractivity contribution in [1.29, 1.82) is 0 Å². The van der Waals surface area contributed by atoms with Crippen LogP contribution < -0.4 is 10.0 Å². The number of likely N-dealkylation sites (N-methyl/N-ethyl adjacent to an activating group) is 1. The molecule has 1 aliphatic carbocycles. The number of allylic oxidation sites excluding steroid dienone is 1. The van der Waals surface area contributed by atoms with Crippen LogP contribution in [0.1, 0.15) is 37.7 Å². The fourth-order valence-corrected chi connectivity index (χ4v) is 6.73. The molecule has 1 heterocycles. The number of sulfonamides is 1. The highest BCUT2D eigenvalue weighted by Gasteiger charge is 2.33. The van der Waals surface area contributed by atoms with E-state index in [4.69, 9.17) is 11.6 Å². The van der Waals surface area contributed by atoms with Gasteiger partial charge in [-0.05, 0) is 88.8 Å². The molecule has 0 unspecified atom stereocenters. The van der Waals surface area contributed by atoms with Gasteiger partial charge in [-0.25, -0.2) is 17.8 Å². The molecule has 2 aromatic carbocycles. The Hall–Kier alpha value is -3.54. The highest BCUT2D eigenvalue weighted by atomic mass is 35.5. The van der Waals surface area contributed by atoms with Gasteiger partial charge in [-0.3, -0.25) is 14.4 Å². The van der Waals surface area contributed by atoms with E-state index in [0.717, 1.165) is 49.0 Å². The van der Waals surface area contributed by atoms with Gasteiger partial charge in [-0.15, -0.1) is 0 Å². The van der Waals surface area contributed by atoms with Gasteiger partial charge in [0.25, 0.3) is 10.0 Å². The molecule has 1 saturated carbocycles. The third-order valence-corrected chi connectivity index (χ3v) is 9.08. The van der Waals surface area contributed by atoms with E-state index in [-0.39, 0.29) is 22.9 Å². The Morgan fingerprint density at radius 2 is 2.02 bits per heavy atom. The lowest BCUT2D eigenvalue weighted by molar-refractivity contribution is 0.196. The number of hydrogen-bond donors (Lipinski definition) is 2. The smallest absolute Gasteiger partial charge is 0.266 e. The average Bonchev–Trinajstić information content (AvgIpc) is 3.38. The van der Waals surface area contributed by atoms with Crippen molar-refractivity contribution in [2.75, 3.05) is 19.4 Å². The summed E-state index contributed by atoms with van der Waals surface area (Å²) in [5.74, 6) is -0.599. The topological polar surface area (TPSA) is 104 Å². The minimum atomic E-state index is -4.28. The number of rotatable bonds is 10. The molecule has 41 heavy (non-hydrogen) atoms. The number of aliphatic imine (C=N–C) groups is 2. The predicted octanol–water partition coefficient (Wildman–Crippen LogP) is 5.43. The van der Waals surface area contributed by atoms with Crippen LogP contribution >= 0.6 is 11.6 Å². The van der Waals surface area contributed by atoms with Crippen LogP contribution in [-0.2, 0) is 17.1 Å². The Labute approximate surface area is 245 Å². The number of nitrogens with one attached hydrogen (secondary N) is 2. The number of aryl methyl sites for hydroxylation is 1. The summed E-state index contributed by atoms with van der Waals surface area (Å²) >= 11 is 6.50. The molecule has 0 amide bonds. The quantitative estimate of drug-likeness (QED) is 0.239. The summed E-state index contributed by atoms with van der Waals surface area (Å²) in [6, 6.07) is 13.0. The lowest BCUT2D eigenvalue weighted by Crippen LogP contribution is -2.47. The zero-order valence-electron chi connectivity index (χ0n) is 23.6. The van der Waals surface area contributed by atoms with Gasteiger partial charge >= 0.3 is 0 Å². The van der Waals surface area contributed by atoms with Crippen molar-refractivity contribution in [2.24, 2.45) is 17.0 Å². The van der Waals surface area contributed by atoms with Crippen LogP contribution in [0.4, 0.5) is 10.1 Å². The number of halogens is 2. The van der Waals surface area contributed by atoms with Gasteiger partial charge in [0.15, 0.2) is 0 Å². The highest BCUT2D eigenvalue weighted by molar-refractivity contribution is 7.89. The van der Waals surface area contributed by atoms with E-state index in [9.17, 15) is 8.42 Å². The molecule has 3 atom stereocenters. The second-order valence-electron chi connectivity index (χ2n) is 10.2. The van der Waals surface area contributed by atoms with Gasteiger partial charge in [0, 0.05) is 30.9 Å². The van der Waals surface area contributed by atoms with Crippen LogP contribution in [0.3, 0.4) is 0 Å². The maximum atomic E-state index is 15.2. The van der Waals surface area contributed by atoms with Crippen LogP contribution in [0.2, 0.25) is 5.02 Å². The second-order valence-corrected chi connectivity index (χ2v) is 12.3. The Balaban J connectivity index is 1.52. The SMILES string of the molecule is C=NC=N/C(=C\C)NS(=O)(=O)c1cc(Cl)c(N[C@H]2CC[C@H](c3cccc(-c4ccnn4C)c3)C[C@@H]2N(C)C)cc1F. The normalized spacial score (nSPS) is 20.0. The number of benzene rings is 2. The summed E-state index contributed by atoms with van der Waals surface area (Å²) in [6.45, 7) is 4.85. The first-order valence-corrected chi connectivity index (χ1v) is 15.1.